The zero-order chi connectivity index (χ0) is 28.4. The van der Waals surface area contributed by atoms with Gasteiger partial charge in [-0.3, -0.25) is 4.68 Å². The molecular formula is C27H26N10O3S. The molecule has 13 nitrogen and oxygen atoms in total. The quantitative estimate of drug-likeness (QED) is 0.308. The number of aliphatic hydroxyl groups is 1. The van der Waals surface area contributed by atoms with Crippen LogP contribution in [0.15, 0.2) is 65.8 Å². The van der Waals surface area contributed by atoms with E-state index in [1.54, 1.807) is 59.4 Å². The molecule has 1 fully saturated rings. The van der Waals surface area contributed by atoms with Crippen LogP contribution in [0.3, 0.4) is 0 Å². The van der Waals surface area contributed by atoms with E-state index in [0.29, 0.717) is 65.2 Å². The van der Waals surface area contributed by atoms with Gasteiger partial charge in [-0.25, -0.2) is 23.7 Å². The van der Waals surface area contributed by atoms with Gasteiger partial charge in [-0.05, 0) is 18.2 Å². The van der Waals surface area contributed by atoms with E-state index in [1.807, 2.05) is 12.1 Å². The van der Waals surface area contributed by atoms with Crippen molar-refractivity contribution in [1.82, 2.24) is 34.3 Å². The van der Waals surface area contributed by atoms with E-state index in [4.69, 9.17) is 9.72 Å². The van der Waals surface area contributed by atoms with Gasteiger partial charge in [0, 0.05) is 54.2 Å². The summed E-state index contributed by atoms with van der Waals surface area (Å²) in [5.41, 5.74) is 4.23. The van der Waals surface area contributed by atoms with Crippen molar-refractivity contribution in [3.63, 3.8) is 0 Å². The first kappa shape index (κ1) is 26.4. The average molecular weight is 571 g/mol. The van der Waals surface area contributed by atoms with E-state index in [-0.39, 0.29) is 6.61 Å². The minimum Gasteiger partial charge on any atom is -0.481 e. The van der Waals surface area contributed by atoms with Gasteiger partial charge in [-0.2, -0.15) is 19.8 Å². The third-order valence-electron chi connectivity index (χ3n) is 6.78. The molecule has 0 aliphatic carbocycles. The molecule has 6 rings (SSSR count). The van der Waals surface area contributed by atoms with Crippen LogP contribution in [0.4, 0.5) is 11.5 Å². The molecule has 14 heteroatoms. The highest BCUT2D eigenvalue weighted by atomic mass is 32.2. The number of rotatable bonds is 7. The summed E-state index contributed by atoms with van der Waals surface area (Å²) in [6, 6.07) is 9.46. The average Bonchev–Trinajstić information content (AvgIpc) is 3.65. The first-order chi connectivity index (χ1) is 20.0. The number of hydrogen-bond acceptors (Lipinski definition) is 11. The summed E-state index contributed by atoms with van der Waals surface area (Å²) in [7, 11) is -0.866. The number of ether oxygens (including phenoxy) is 1. The van der Waals surface area contributed by atoms with Crippen molar-refractivity contribution in [2.45, 2.75) is 6.54 Å². The lowest BCUT2D eigenvalue weighted by atomic mass is 10.1. The molecule has 41 heavy (non-hydrogen) atoms. The maximum atomic E-state index is 13.4. The highest BCUT2D eigenvalue weighted by Gasteiger charge is 2.23. The van der Waals surface area contributed by atoms with Crippen LogP contribution >= 0.6 is 0 Å². The van der Waals surface area contributed by atoms with Crippen LogP contribution in [0.25, 0.3) is 28.0 Å². The molecule has 0 atom stereocenters. The van der Waals surface area contributed by atoms with Crippen LogP contribution < -0.4 is 9.64 Å². The van der Waals surface area contributed by atoms with Gasteiger partial charge < -0.3 is 14.7 Å². The minimum absolute atomic E-state index is 0.0232. The zero-order valence-electron chi connectivity index (χ0n) is 22.2. The van der Waals surface area contributed by atoms with Gasteiger partial charge in [0.25, 0.3) is 0 Å². The summed E-state index contributed by atoms with van der Waals surface area (Å²) in [5, 5.41) is 27.5. The maximum absolute atomic E-state index is 13.4. The van der Waals surface area contributed by atoms with Crippen molar-refractivity contribution in [2.24, 2.45) is 4.36 Å². The fourth-order valence-corrected chi connectivity index (χ4v) is 6.54. The SMILES string of the molecule is COc1ccc(N=S2(=O)CCN(c3ccc(-c4nc(-c5cnn(CCO)c5)cn5ncc(C#N)c45)cn3)CC2)cn1. The summed E-state index contributed by atoms with van der Waals surface area (Å²) < 4.78 is 26.2. The van der Waals surface area contributed by atoms with Gasteiger partial charge in [0.15, 0.2) is 0 Å². The smallest absolute Gasteiger partial charge is 0.213 e. The minimum atomic E-state index is -2.41. The van der Waals surface area contributed by atoms with Gasteiger partial charge >= 0.3 is 0 Å². The molecule has 0 amide bonds. The van der Waals surface area contributed by atoms with Gasteiger partial charge in [0.1, 0.15) is 23.0 Å². The van der Waals surface area contributed by atoms with Crippen LogP contribution in [-0.4, -0.2) is 82.0 Å². The van der Waals surface area contributed by atoms with Gasteiger partial charge in [0.05, 0.1) is 71.9 Å². The molecule has 0 saturated carbocycles. The molecule has 0 bridgehead atoms. The molecule has 1 aliphatic heterocycles. The van der Waals surface area contributed by atoms with Gasteiger partial charge in [-0.15, -0.1) is 0 Å². The zero-order valence-corrected chi connectivity index (χ0v) is 23.0. The number of methoxy groups -OCH3 is 1. The Bertz CT molecular complexity index is 1850. The molecular weight excluding hydrogens is 544 g/mol. The standard InChI is InChI=1S/C27H26N10O3S/c1-40-25-5-3-22(16-30-25)34-41(39)10-7-35(8-11-41)24-4-2-19(13-29-24)26-27-20(12-28)14-32-37(27)18-23(33-26)21-15-31-36(17-21)6-9-38/h2-5,13-18,38H,6-11H2,1H3. The normalized spacial score (nSPS) is 14.6. The Balaban J connectivity index is 1.26. The third-order valence-corrected chi connectivity index (χ3v) is 8.97. The Hall–Kier alpha value is -4.87. The van der Waals surface area contributed by atoms with Gasteiger partial charge in [-0.1, -0.05) is 0 Å². The molecule has 0 spiro atoms. The monoisotopic (exact) mass is 570 g/mol. The highest BCUT2D eigenvalue weighted by Crippen LogP contribution is 2.30. The van der Waals surface area contributed by atoms with Crippen molar-refractivity contribution in [1.29, 1.82) is 5.26 Å². The largest absolute Gasteiger partial charge is 0.481 e. The molecule has 0 radical (unpaired) electrons. The third kappa shape index (κ3) is 5.32. The van der Waals surface area contributed by atoms with E-state index in [2.05, 4.69) is 35.5 Å². The fraction of sp³-hybridized carbons (Fsp3) is 0.259. The molecule has 5 aromatic rings. The van der Waals surface area contributed by atoms with E-state index >= 15 is 0 Å². The second-order valence-electron chi connectivity index (χ2n) is 9.38. The number of anilines is 1. The van der Waals surface area contributed by atoms with Crippen molar-refractivity contribution in [3.8, 4) is 34.5 Å². The summed E-state index contributed by atoms with van der Waals surface area (Å²) in [6.45, 7) is 1.45. The second kappa shape index (κ2) is 11.0. The van der Waals surface area contributed by atoms with Crippen molar-refractivity contribution in [3.05, 3.63) is 67.0 Å². The summed E-state index contributed by atoms with van der Waals surface area (Å²) in [5.74, 6) is 2.07. The van der Waals surface area contributed by atoms with Gasteiger partial charge in [0.2, 0.25) is 5.88 Å². The summed E-state index contributed by atoms with van der Waals surface area (Å²) in [6.07, 6.45) is 10.0. The first-order valence-corrected chi connectivity index (χ1v) is 14.7. The predicted octanol–water partition coefficient (Wildman–Crippen LogP) is 2.54. The molecule has 5 aromatic heterocycles. The number of nitrogens with zero attached hydrogens (tertiary/aromatic N) is 10. The van der Waals surface area contributed by atoms with Crippen LogP contribution in [-0.2, 0) is 16.3 Å². The molecule has 6 heterocycles. The van der Waals surface area contributed by atoms with Crippen molar-refractivity contribution < 1.29 is 14.1 Å². The van der Waals surface area contributed by atoms with Crippen LogP contribution in [0.2, 0.25) is 0 Å². The lowest BCUT2D eigenvalue weighted by molar-refractivity contribution is 0.269. The molecule has 208 valence electrons. The number of hydrogen-bond donors (Lipinski definition) is 1. The Labute approximate surface area is 235 Å². The number of fused-ring (bicyclic) bond motifs is 1. The first-order valence-electron chi connectivity index (χ1n) is 12.8. The maximum Gasteiger partial charge on any atom is 0.213 e. The number of aromatic nitrogens is 7. The topological polar surface area (TPSA) is 160 Å². The Morgan fingerprint density at radius 3 is 2.59 bits per heavy atom. The Morgan fingerprint density at radius 2 is 1.90 bits per heavy atom. The van der Waals surface area contributed by atoms with Crippen LogP contribution in [0.5, 0.6) is 5.88 Å². The molecule has 1 saturated heterocycles. The fourth-order valence-electron chi connectivity index (χ4n) is 4.65. The lowest BCUT2D eigenvalue weighted by Crippen LogP contribution is -2.40. The van der Waals surface area contributed by atoms with E-state index in [0.717, 1.165) is 16.9 Å². The van der Waals surface area contributed by atoms with E-state index in [1.165, 1.54) is 6.20 Å². The van der Waals surface area contributed by atoms with Crippen LogP contribution in [0, 0.1) is 11.3 Å². The molecule has 1 N–H and O–H groups in total. The number of pyridine rings is 2. The Morgan fingerprint density at radius 1 is 1.05 bits per heavy atom. The van der Waals surface area contributed by atoms with E-state index < -0.39 is 9.73 Å². The Kier molecular flexibility index (Phi) is 7.04. The highest BCUT2D eigenvalue weighted by molar-refractivity contribution is 7.93. The molecule has 0 unspecified atom stereocenters. The summed E-state index contributed by atoms with van der Waals surface area (Å²) in [4.78, 5) is 15.8. The number of aliphatic hydroxyl groups excluding tert-OH is 1. The lowest BCUT2D eigenvalue weighted by Gasteiger charge is -2.29. The van der Waals surface area contributed by atoms with Crippen molar-refractivity contribution >= 4 is 26.8 Å². The molecule has 0 aromatic carbocycles. The summed E-state index contributed by atoms with van der Waals surface area (Å²) >= 11 is 0. The van der Waals surface area contributed by atoms with Crippen molar-refractivity contribution in [2.75, 3.05) is 43.2 Å². The second-order valence-corrected chi connectivity index (χ2v) is 11.9. The predicted molar refractivity (Wildman–Crippen MR) is 152 cm³/mol. The van der Waals surface area contributed by atoms with Crippen LogP contribution in [0.1, 0.15) is 5.56 Å². The number of nitriles is 1. The van der Waals surface area contributed by atoms with E-state index in [9.17, 15) is 14.6 Å². The molecule has 1 aliphatic rings.